The zero-order chi connectivity index (χ0) is 6.69. The lowest BCUT2D eigenvalue weighted by molar-refractivity contribution is 0.0988. The van der Waals surface area contributed by atoms with Gasteiger partial charge < -0.3 is 5.11 Å². The molecule has 3 radical (unpaired) electrons. The molecule has 1 fully saturated rings. The van der Waals surface area contributed by atoms with E-state index in [1.807, 2.05) is 0 Å². The van der Waals surface area contributed by atoms with Crippen LogP contribution in [0.2, 0.25) is 0 Å². The number of nitrogens with zero attached hydrogens (tertiary/aromatic N) is 3. The molecule has 1 aliphatic heterocycles. The second-order valence-corrected chi connectivity index (χ2v) is 2.18. The van der Waals surface area contributed by atoms with Crippen LogP contribution in [0.15, 0.2) is 5.18 Å². The van der Waals surface area contributed by atoms with E-state index >= 15 is 0 Å². The number of rotatable bonds is 2. The molecule has 0 amide bonds. The fraction of sp³-hybridized carbons (Fsp3) is 1.00. The average molecular weight is 144 g/mol. The summed E-state index contributed by atoms with van der Waals surface area (Å²) < 4.78 is 0. The Balaban J connectivity index is 0.000000810. The van der Waals surface area contributed by atoms with Crippen molar-refractivity contribution in [2.75, 3.05) is 13.3 Å². The molecule has 0 aromatic carbocycles. The number of aliphatic hydroxyl groups is 1. The molecule has 0 bridgehead atoms. The highest BCUT2D eigenvalue weighted by atomic mass is 16.3. The van der Waals surface area contributed by atoms with Gasteiger partial charge in [0.1, 0.15) is 6.17 Å². The van der Waals surface area contributed by atoms with Gasteiger partial charge in [0.05, 0.1) is 6.73 Å². The van der Waals surface area contributed by atoms with Gasteiger partial charge in [-0.2, -0.15) is 0 Å². The zero-order valence-corrected chi connectivity index (χ0v) is 5.60. The maximum Gasteiger partial charge on any atom is 0.146 e. The Labute approximate surface area is 59.6 Å². The summed E-state index contributed by atoms with van der Waals surface area (Å²) in [6, 6.07) is 0. The van der Waals surface area contributed by atoms with E-state index in [0.717, 1.165) is 19.4 Å². The van der Waals surface area contributed by atoms with Crippen LogP contribution < -0.4 is 6.15 Å². The lowest BCUT2D eigenvalue weighted by Crippen LogP contribution is -2.28. The van der Waals surface area contributed by atoms with Gasteiger partial charge in [0, 0.05) is 12.7 Å². The Kier molecular flexibility index (Phi) is 4.10. The molecule has 5 nitrogen and oxygen atoms in total. The minimum absolute atomic E-state index is 0. The van der Waals surface area contributed by atoms with Gasteiger partial charge in [-0.05, 0) is 12.8 Å². The molecule has 57 valence electrons. The predicted molar refractivity (Wildman–Crippen MR) is 34.7 cm³/mol. The van der Waals surface area contributed by atoms with Crippen molar-refractivity contribution in [3.05, 3.63) is 4.91 Å². The van der Waals surface area contributed by atoms with Gasteiger partial charge in [-0.1, -0.05) is 5.18 Å². The Morgan fingerprint density at radius 2 is 2.40 bits per heavy atom. The predicted octanol–water partition coefficient (Wildman–Crippen LogP) is -0.356. The molecule has 0 saturated carbocycles. The second kappa shape index (κ2) is 4.32. The number of aliphatic hydroxyl groups excluding tert-OH is 1. The Bertz CT molecular complexity index is 109. The standard InChI is InChI=1S/C5H10N2O2.N/c8-4-7-3-1-2-5(7)6-9;/h5,8H,1-4H2;. The highest BCUT2D eigenvalue weighted by Crippen LogP contribution is 2.15. The van der Waals surface area contributed by atoms with Crippen LogP contribution in [0, 0.1) is 4.91 Å². The molecule has 10 heavy (non-hydrogen) atoms. The fourth-order valence-corrected chi connectivity index (χ4v) is 1.09. The Morgan fingerprint density at radius 1 is 1.70 bits per heavy atom. The summed E-state index contributed by atoms with van der Waals surface area (Å²) in [5.41, 5.74) is 0. The SMILES string of the molecule is O=NC1CCCN1CO.[N]. The topological polar surface area (TPSA) is 83.4 Å². The van der Waals surface area contributed by atoms with Gasteiger partial charge in [0.15, 0.2) is 0 Å². The molecule has 0 spiro atoms. The summed E-state index contributed by atoms with van der Waals surface area (Å²) in [6.07, 6.45) is 1.50. The van der Waals surface area contributed by atoms with Gasteiger partial charge in [-0.25, -0.2) is 0 Å². The van der Waals surface area contributed by atoms with Gasteiger partial charge >= 0.3 is 0 Å². The molecule has 1 atom stereocenters. The highest BCUT2D eigenvalue weighted by Gasteiger charge is 2.23. The molecule has 0 aromatic heterocycles. The maximum atomic E-state index is 9.97. The van der Waals surface area contributed by atoms with Crippen LogP contribution in [0.25, 0.3) is 0 Å². The lowest BCUT2D eigenvalue weighted by Gasteiger charge is -2.13. The van der Waals surface area contributed by atoms with Crippen molar-refractivity contribution in [1.29, 1.82) is 0 Å². The molecule has 0 aliphatic carbocycles. The van der Waals surface area contributed by atoms with E-state index in [1.54, 1.807) is 4.90 Å². The van der Waals surface area contributed by atoms with E-state index < -0.39 is 0 Å². The van der Waals surface area contributed by atoms with Crippen LogP contribution in [0.5, 0.6) is 0 Å². The summed E-state index contributed by atoms with van der Waals surface area (Å²) in [6.45, 7) is 0.753. The third-order valence-corrected chi connectivity index (χ3v) is 1.63. The van der Waals surface area contributed by atoms with Crippen LogP contribution in [-0.2, 0) is 0 Å². The molecule has 1 aliphatic rings. The van der Waals surface area contributed by atoms with Crippen LogP contribution in [0.4, 0.5) is 0 Å². The number of likely N-dealkylation sites (tertiary alicyclic amines) is 1. The van der Waals surface area contributed by atoms with Crippen molar-refractivity contribution in [2.45, 2.75) is 19.0 Å². The molecule has 1 rings (SSSR count). The van der Waals surface area contributed by atoms with Crippen LogP contribution in [0.3, 0.4) is 0 Å². The summed E-state index contributed by atoms with van der Waals surface area (Å²) in [4.78, 5) is 11.6. The second-order valence-electron chi connectivity index (χ2n) is 2.18. The third-order valence-electron chi connectivity index (χ3n) is 1.63. The largest absolute Gasteiger partial charge is 0.381 e. The molecule has 5 heteroatoms. The first-order valence-corrected chi connectivity index (χ1v) is 3.06. The Hall–Kier alpha value is -0.520. The zero-order valence-electron chi connectivity index (χ0n) is 5.60. The molecule has 1 unspecified atom stereocenters. The monoisotopic (exact) mass is 144 g/mol. The summed E-state index contributed by atoms with van der Waals surface area (Å²) in [5.74, 6) is 0. The van der Waals surface area contributed by atoms with E-state index in [-0.39, 0.29) is 19.0 Å². The minimum Gasteiger partial charge on any atom is -0.381 e. The first kappa shape index (κ1) is 9.48. The van der Waals surface area contributed by atoms with Crippen molar-refractivity contribution in [3.63, 3.8) is 0 Å². The summed E-state index contributed by atoms with van der Waals surface area (Å²) in [5, 5.41) is 11.5. The quantitative estimate of drug-likeness (QED) is 0.537. The fourth-order valence-electron chi connectivity index (χ4n) is 1.09. The van der Waals surface area contributed by atoms with Gasteiger partial charge in [0.25, 0.3) is 0 Å². The van der Waals surface area contributed by atoms with E-state index in [2.05, 4.69) is 5.18 Å². The number of hydrogen-bond donors (Lipinski definition) is 1. The van der Waals surface area contributed by atoms with Crippen molar-refractivity contribution in [3.8, 4) is 0 Å². The molecular weight excluding hydrogens is 134 g/mol. The van der Waals surface area contributed by atoms with Gasteiger partial charge in [-0.3, -0.25) is 4.90 Å². The van der Waals surface area contributed by atoms with E-state index in [9.17, 15) is 4.91 Å². The normalized spacial score (nSPS) is 25.9. The van der Waals surface area contributed by atoms with Gasteiger partial charge in [0.2, 0.25) is 0 Å². The molecular formula is C5H10N3O2. The number of nitroso groups, excluding NO2 is 1. The van der Waals surface area contributed by atoms with Crippen molar-refractivity contribution < 1.29 is 5.11 Å². The van der Waals surface area contributed by atoms with E-state index in [0.29, 0.717) is 0 Å². The van der Waals surface area contributed by atoms with Crippen molar-refractivity contribution in [1.82, 2.24) is 11.1 Å². The lowest BCUT2D eigenvalue weighted by atomic mass is 10.3. The highest BCUT2D eigenvalue weighted by molar-refractivity contribution is 4.73. The summed E-state index contributed by atoms with van der Waals surface area (Å²) in [7, 11) is 0. The van der Waals surface area contributed by atoms with Gasteiger partial charge in [-0.15, -0.1) is 4.91 Å². The number of hydrogen-bond acceptors (Lipinski definition) is 4. The molecule has 1 heterocycles. The minimum atomic E-state index is -0.269. The van der Waals surface area contributed by atoms with Crippen LogP contribution >= 0.6 is 0 Å². The molecule has 0 aromatic rings. The maximum absolute atomic E-state index is 9.97. The van der Waals surface area contributed by atoms with E-state index in [4.69, 9.17) is 5.11 Å². The summed E-state index contributed by atoms with van der Waals surface area (Å²) >= 11 is 0. The average Bonchev–Trinajstić information content (AvgIpc) is 2.33. The first-order chi connectivity index (χ1) is 4.38. The molecule has 1 N–H and O–H groups in total. The Morgan fingerprint density at radius 3 is 2.80 bits per heavy atom. The third kappa shape index (κ3) is 1.73. The van der Waals surface area contributed by atoms with Crippen LogP contribution in [0.1, 0.15) is 12.8 Å². The smallest absolute Gasteiger partial charge is 0.146 e. The molecule has 1 saturated heterocycles. The van der Waals surface area contributed by atoms with Crippen molar-refractivity contribution in [2.24, 2.45) is 5.18 Å². The van der Waals surface area contributed by atoms with Crippen LogP contribution in [-0.4, -0.2) is 29.4 Å². The van der Waals surface area contributed by atoms with Crippen molar-refractivity contribution >= 4 is 0 Å². The first-order valence-electron chi connectivity index (χ1n) is 3.06. The van der Waals surface area contributed by atoms with E-state index in [1.165, 1.54) is 0 Å².